The number of hydrazone groups is 1. The van der Waals surface area contributed by atoms with E-state index in [-0.39, 0.29) is 0 Å². The first-order chi connectivity index (χ1) is 11.0. The number of nitrogens with one attached hydrogen (secondary N) is 1. The standard InChI is InChI=1S/C16H14Cl2N2O3/c1-22-12-5-3-11(15(8-12)23-2)9-19-20-16(21)10-4-6-13(17)14(18)7-10/h3-9H,1-2H3,(H,20,21). The summed E-state index contributed by atoms with van der Waals surface area (Å²) in [6.45, 7) is 0. The first-order valence-electron chi connectivity index (χ1n) is 6.55. The Kier molecular flexibility index (Phi) is 5.84. The van der Waals surface area contributed by atoms with E-state index in [4.69, 9.17) is 32.7 Å². The van der Waals surface area contributed by atoms with E-state index in [1.165, 1.54) is 12.3 Å². The molecule has 23 heavy (non-hydrogen) atoms. The number of carbonyl (C=O) groups excluding carboxylic acids is 1. The summed E-state index contributed by atoms with van der Waals surface area (Å²) in [7, 11) is 3.11. The third kappa shape index (κ3) is 4.37. The van der Waals surface area contributed by atoms with E-state index in [9.17, 15) is 4.79 Å². The quantitative estimate of drug-likeness (QED) is 0.658. The van der Waals surface area contributed by atoms with E-state index in [1.54, 1.807) is 44.6 Å². The molecule has 5 nitrogen and oxygen atoms in total. The summed E-state index contributed by atoms with van der Waals surface area (Å²) in [5.74, 6) is 0.850. The number of nitrogens with zero attached hydrogens (tertiary/aromatic N) is 1. The monoisotopic (exact) mass is 352 g/mol. The highest BCUT2D eigenvalue weighted by Crippen LogP contribution is 2.23. The summed E-state index contributed by atoms with van der Waals surface area (Å²) in [6.07, 6.45) is 1.48. The Morgan fingerprint density at radius 2 is 1.87 bits per heavy atom. The van der Waals surface area contributed by atoms with Crippen molar-refractivity contribution in [2.45, 2.75) is 0 Å². The van der Waals surface area contributed by atoms with E-state index in [2.05, 4.69) is 10.5 Å². The number of hydrogen-bond donors (Lipinski definition) is 1. The second-order valence-electron chi connectivity index (χ2n) is 4.44. The molecule has 2 rings (SSSR count). The highest BCUT2D eigenvalue weighted by atomic mass is 35.5. The van der Waals surface area contributed by atoms with Gasteiger partial charge in [-0.2, -0.15) is 5.10 Å². The maximum absolute atomic E-state index is 12.0. The fourth-order valence-electron chi connectivity index (χ4n) is 1.79. The number of amides is 1. The van der Waals surface area contributed by atoms with E-state index in [1.807, 2.05) is 0 Å². The third-order valence-corrected chi connectivity index (χ3v) is 3.73. The normalized spacial score (nSPS) is 10.6. The Bertz CT molecular complexity index is 748. The molecular formula is C16H14Cl2N2O3. The SMILES string of the molecule is COc1ccc(C=NNC(=O)c2ccc(Cl)c(Cl)c2)c(OC)c1. The first-order valence-corrected chi connectivity index (χ1v) is 7.31. The van der Waals surface area contributed by atoms with E-state index in [0.29, 0.717) is 32.7 Å². The largest absolute Gasteiger partial charge is 0.497 e. The van der Waals surface area contributed by atoms with Crippen molar-refractivity contribution < 1.29 is 14.3 Å². The van der Waals surface area contributed by atoms with Crippen LogP contribution < -0.4 is 14.9 Å². The lowest BCUT2D eigenvalue weighted by Gasteiger charge is -2.07. The first kappa shape index (κ1) is 17.1. The zero-order valence-electron chi connectivity index (χ0n) is 12.5. The lowest BCUT2D eigenvalue weighted by molar-refractivity contribution is 0.0955. The summed E-state index contributed by atoms with van der Waals surface area (Å²) in [4.78, 5) is 12.0. The van der Waals surface area contributed by atoms with Crippen molar-refractivity contribution in [2.24, 2.45) is 5.10 Å². The van der Waals surface area contributed by atoms with Crippen LogP contribution in [0.2, 0.25) is 10.0 Å². The summed E-state index contributed by atoms with van der Waals surface area (Å²) < 4.78 is 10.4. The predicted molar refractivity (Wildman–Crippen MR) is 91.1 cm³/mol. The molecule has 0 spiro atoms. The van der Waals surface area contributed by atoms with Gasteiger partial charge in [-0.15, -0.1) is 0 Å². The fraction of sp³-hybridized carbons (Fsp3) is 0.125. The van der Waals surface area contributed by atoms with Crippen molar-refractivity contribution in [1.82, 2.24) is 5.43 Å². The van der Waals surface area contributed by atoms with Crippen LogP contribution in [-0.4, -0.2) is 26.3 Å². The van der Waals surface area contributed by atoms with Crippen LogP contribution >= 0.6 is 23.2 Å². The van der Waals surface area contributed by atoms with Gasteiger partial charge in [0.2, 0.25) is 0 Å². The molecular weight excluding hydrogens is 339 g/mol. The number of rotatable bonds is 5. The van der Waals surface area contributed by atoms with Gasteiger partial charge in [0.25, 0.3) is 5.91 Å². The summed E-state index contributed by atoms with van der Waals surface area (Å²) in [5, 5.41) is 4.60. The van der Waals surface area contributed by atoms with Crippen LogP contribution in [-0.2, 0) is 0 Å². The molecule has 0 fully saturated rings. The molecule has 0 aromatic heterocycles. The minimum absolute atomic E-state index is 0.306. The van der Waals surface area contributed by atoms with Crippen molar-refractivity contribution in [3.63, 3.8) is 0 Å². The topological polar surface area (TPSA) is 59.9 Å². The molecule has 0 unspecified atom stereocenters. The summed E-state index contributed by atoms with van der Waals surface area (Å²) >= 11 is 11.7. The lowest BCUT2D eigenvalue weighted by atomic mass is 10.2. The van der Waals surface area contributed by atoms with Crippen LogP contribution in [0.25, 0.3) is 0 Å². The average Bonchev–Trinajstić information content (AvgIpc) is 2.57. The second-order valence-corrected chi connectivity index (χ2v) is 5.25. The number of carbonyl (C=O) groups is 1. The number of methoxy groups -OCH3 is 2. The average molecular weight is 353 g/mol. The molecule has 0 aliphatic carbocycles. The number of halogens is 2. The molecule has 0 saturated carbocycles. The highest BCUT2D eigenvalue weighted by molar-refractivity contribution is 6.42. The molecule has 1 N–H and O–H groups in total. The molecule has 0 radical (unpaired) electrons. The van der Waals surface area contributed by atoms with Gasteiger partial charge < -0.3 is 9.47 Å². The minimum Gasteiger partial charge on any atom is -0.497 e. The number of hydrogen-bond acceptors (Lipinski definition) is 4. The van der Waals surface area contributed by atoms with Crippen LogP contribution in [0, 0.1) is 0 Å². The molecule has 7 heteroatoms. The molecule has 2 aromatic rings. The third-order valence-electron chi connectivity index (χ3n) is 2.99. The molecule has 1 amide bonds. The van der Waals surface area contributed by atoms with Gasteiger partial charge >= 0.3 is 0 Å². The lowest BCUT2D eigenvalue weighted by Crippen LogP contribution is -2.17. The van der Waals surface area contributed by atoms with Crippen LogP contribution in [0.5, 0.6) is 11.5 Å². The van der Waals surface area contributed by atoms with Crippen molar-refractivity contribution in [3.05, 3.63) is 57.6 Å². The molecule has 0 saturated heterocycles. The van der Waals surface area contributed by atoms with Gasteiger partial charge in [0.05, 0.1) is 30.5 Å². The van der Waals surface area contributed by atoms with Crippen LogP contribution in [0.15, 0.2) is 41.5 Å². The molecule has 0 aliphatic rings. The minimum atomic E-state index is -0.396. The highest BCUT2D eigenvalue weighted by Gasteiger charge is 2.07. The van der Waals surface area contributed by atoms with Crippen LogP contribution in [0.3, 0.4) is 0 Å². The molecule has 0 aliphatic heterocycles. The van der Waals surface area contributed by atoms with E-state index >= 15 is 0 Å². The Morgan fingerprint density at radius 3 is 2.52 bits per heavy atom. The molecule has 120 valence electrons. The van der Waals surface area contributed by atoms with Crippen molar-refractivity contribution in [3.8, 4) is 11.5 Å². The summed E-state index contributed by atoms with van der Waals surface area (Å²) in [5.41, 5.74) is 3.47. The van der Waals surface area contributed by atoms with Gasteiger partial charge in [-0.25, -0.2) is 5.43 Å². The van der Waals surface area contributed by atoms with Crippen molar-refractivity contribution in [2.75, 3.05) is 14.2 Å². The van der Waals surface area contributed by atoms with Gasteiger partial charge in [-0.05, 0) is 30.3 Å². The Labute approximate surface area is 143 Å². The van der Waals surface area contributed by atoms with Gasteiger partial charge in [0.1, 0.15) is 11.5 Å². The van der Waals surface area contributed by atoms with Crippen LogP contribution in [0.4, 0.5) is 0 Å². The van der Waals surface area contributed by atoms with Gasteiger partial charge in [-0.1, -0.05) is 23.2 Å². The zero-order valence-corrected chi connectivity index (χ0v) is 14.0. The Balaban J connectivity index is 2.09. The maximum atomic E-state index is 12.0. The van der Waals surface area contributed by atoms with E-state index < -0.39 is 5.91 Å². The maximum Gasteiger partial charge on any atom is 0.271 e. The van der Waals surface area contributed by atoms with Crippen molar-refractivity contribution >= 4 is 35.3 Å². The number of benzene rings is 2. The zero-order chi connectivity index (χ0) is 16.8. The van der Waals surface area contributed by atoms with Crippen molar-refractivity contribution in [1.29, 1.82) is 0 Å². The smallest absolute Gasteiger partial charge is 0.271 e. The Hall–Kier alpha value is -2.24. The van der Waals surface area contributed by atoms with Gasteiger partial charge in [-0.3, -0.25) is 4.79 Å². The van der Waals surface area contributed by atoms with Gasteiger partial charge in [0.15, 0.2) is 0 Å². The Morgan fingerprint density at radius 1 is 1.09 bits per heavy atom. The number of ether oxygens (including phenoxy) is 2. The molecule has 0 bridgehead atoms. The summed E-state index contributed by atoms with van der Waals surface area (Å²) in [6, 6.07) is 9.85. The fourth-order valence-corrected chi connectivity index (χ4v) is 2.09. The van der Waals surface area contributed by atoms with E-state index in [0.717, 1.165) is 0 Å². The predicted octanol–water partition coefficient (Wildman–Crippen LogP) is 3.77. The van der Waals surface area contributed by atoms with Gasteiger partial charge in [0, 0.05) is 17.2 Å². The molecule has 0 heterocycles. The molecule has 2 aromatic carbocycles. The second kappa shape index (κ2) is 7.85. The van der Waals surface area contributed by atoms with Crippen LogP contribution in [0.1, 0.15) is 15.9 Å². The molecule has 0 atom stereocenters.